The number of carboxylic acid groups (broad SMARTS) is 1. The highest BCUT2D eigenvalue weighted by atomic mass is 16.6. The molecule has 0 spiro atoms. The highest BCUT2D eigenvalue weighted by Gasteiger charge is 2.32. The molecule has 0 bridgehead atoms. The molecule has 0 fully saturated rings. The fourth-order valence-corrected chi connectivity index (χ4v) is 3.88. The second-order valence-electron chi connectivity index (χ2n) is 10.4. The van der Waals surface area contributed by atoms with E-state index in [9.17, 15) is 29.1 Å². The van der Waals surface area contributed by atoms with Gasteiger partial charge in [-0.25, -0.2) is 14.4 Å². The van der Waals surface area contributed by atoms with Gasteiger partial charge in [0.1, 0.15) is 18.2 Å². The zero-order chi connectivity index (χ0) is 31.3. The van der Waals surface area contributed by atoms with Crippen LogP contribution in [0.5, 0.6) is 0 Å². The van der Waals surface area contributed by atoms with Gasteiger partial charge >= 0.3 is 23.9 Å². The van der Waals surface area contributed by atoms with E-state index in [2.05, 4.69) is 17.2 Å². The third-order valence-corrected chi connectivity index (χ3v) is 5.81. The number of hydrogen-bond donors (Lipinski definition) is 3. The average Bonchev–Trinajstić information content (AvgIpc) is 2.94. The first-order valence-corrected chi connectivity index (χ1v) is 13.7. The Morgan fingerprint density at radius 3 is 2.29 bits per heavy atom. The Morgan fingerprint density at radius 2 is 1.69 bits per heavy atom. The molecule has 0 radical (unpaired) electrons. The number of aromatic carboxylic acids is 1. The van der Waals surface area contributed by atoms with Crippen molar-refractivity contribution in [2.24, 2.45) is 0 Å². The van der Waals surface area contributed by atoms with E-state index in [1.54, 1.807) is 39.0 Å². The van der Waals surface area contributed by atoms with Gasteiger partial charge in [-0.1, -0.05) is 56.7 Å². The van der Waals surface area contributed by atoms with Crippen LogP contribution in [0.1, 0.15) is 62.9 Å². The molecule has 2 aromatic rings. The molecule has 226 valence electrons. The molecule has 0 aromatic heterocycles. The lowest BCUT2D eigenvalue weighted by molar-refractivity contribution is -0.162. The number of nitrogens with zero attached hydrogens (tertiary/aromatic N) is 1. The highest BCUT2D eigenvalue weighted by Crippen LogP contribution is 2.30. The second-order valence-corrected chi connectivity index (χ2v) is 10.4. The molecule has 1 unspecified atom stereocenters. The number of nitrogens with one attached hydrogen (secondary N) is 2. The SMILES string of the molecule is C=CCOC(=O)NC(Cc1ccc(N(C(=O)C(=O)OC(C)(C)C)c2ccccc2C(=O)O)cc1)C(=O)NCCCCC. The van der Waals surface area contributed by atoms with E-state index >= 15 is 0 Å². The number of amides is 3. The highest BCUT2D eigenvalue weighted by molar-refractivity contribution is 6.40. The Kier molecular flexibility index (Phi) is 12.7. The fraction of sp³-hybridized carbons (Fsp3) is 0.387. The molecular weight excluding hydrogens is 542 g/mol. The maximum absolute atomic E-state index is 13.3. The van der Waals surface area contributed by atoms with Crippen LogP contribution in [0.25, 0.3) is 0 Å². The van der Waals surface area contributed by atoms with E-state index in [0.717, 1.165) is 24.2 Å². The van der Waals surface area contributed by atoms with E-state index in [1.807, 2.05) is 6.92 Å². The quantitative estimate of drug-likeness (QED) is 0.135. The molecule has 0 aliphatic heterocycles. The van der Waals surface area contributed by atoms with Crippen molar-refractivity contribution in [3.63, 3.8) is 0 Å². The minimum Gasteiger partial charge on any atom is -0.478 e. The van der Waals surface area contributed by atoms with Crippen molar-refractivity contribution >= 4 is 41.2 Å². The first-order chi connectivity index (χ1) is 19.9. The van der Waals surface area contributed by atoms with Crippen molar-refractivity contribution in [1.82, 2.24) is 10.6 Å². The van der Waals surface area contributed by atoms with E-state index in [0.29, 0.717) is 12.1 Å². The minimum atomic E-state index is -1.29. The van der Waals surface area contributed by atoms with Gasteiger partial charge in [0.05, 0.1) is 11.3 Å². The summed E-state index contributed by atoms with van der Waals surface area (Å²) in [6.07, 6.45) is 3.45. The van der Waals surface area contributed by atoms with E-state index in [4.69, 9.17) is 9.47 Å². The van der Waals surface area contributed by atoms with Crippen LogP contribution in [0.4, 0.5) is 16.2 Å². The number of esters is 1. The fourth-order valence-electron chi connectivity index (χ4n) is 3.88. The van der Waals surface area contributed by atoms with E-state index in [1.165, 1.54) is 36.4 Å². The number of benzene rings is 2. The lowest BCUT2D eigenvalue weighted by Crippen LogP contribution is -2.48. The zero-order valence-corrected chi connectivity index (χ0v) is 24.5. The Balaban J connectivity index is 2.40. The number of para-hydroxylation sites is 1. The van der Waals surface area contributed by atoms with E-state index < -0.39 is 35.6 Å². The summed E-state index contributed by atoms with van der Waals surface area (Å²) in [6, 6.07) is 11.1. The van der Waals surface area contributed by atoms with Crippen LogP contribution in [0.3, 0.4) is 0 Å². The molecule has 0 heterocycles. The maximum atomic E-state index is 13.3. The summed E-state index contributed by atoms with van der Waals surface area (Å²) in [5, 5.41) is 15.1. The van der Waals surface area contributed by atoms with Crippen LogP contribution in [0.15, 0.2) is 61.2 Å². The summed E-state index contributed by atoms with van der Waals surface area (Å²) in [6.45, 7) is 10.8. The normalized spacial score (nSPS) is 11.5. The number of carboxylic acids is 1. The summed E-state index contributed by atoms with van der Waals surface area (Å²) < 4.78 is 10.2. The minimum absolute atomic E-state index is 0.0231. The van der Waals surface area contributed by atoms with Crippen LogP contribution >= 0.6 is 0 Å². The van der Waals surface area contributed by atoms with Crippen molar-refractivity contribution in [3.05, 3.63) is 72.3 Å². The van der Waals surface area contributed by atoms with Gasteiger partial charge in [-0.3, -0.25) is 14.5 Å². The first-order valence-electron chi connectivity index (χ1n) is 13.7. The third kappa shape index (κ3) is 10.4. The van der Waals surface area contributed by atoms with Crippen molar-refractivity contribution in [2.45, 2.75) is 65.0 Å². The summed E-state index contributed by atoms with van der Waals surface area (Å²) in [5.74, 6) is -3.91. The number of alkyl carbamates (subject to hydrolysis) is 1. The standard InChI is InChI=1S/C31H39N3O8/c1-6-8-11-18-32-26(35)24(33-30(40)41-19-7-2)20-21-14-16-22(17-15-21)34(27(36)29(39)42-31(3,4)5)25-13-10-9-12-23(25)28(37)38/h7,9-10,12-17,24H,2,6,8,11,18-20H2,1,3-5H3,(H,32,35)(H,33,40)(H,37,38). The number of carbonyl (C=O) groups excluding carboxylic acids is 4. The van der Waals surface area contributed by atoms with Gasteiger partial charge < -0.3 is 25.2 Å². The third-order valence-electron chi connectivity index (χ3n) is 5.81. The van der Waals surface area contributed by atoms with Crippen LogP contribution in [-0.4, -0.2) is 59.7 Å². The topological polar surface area (TPSA) is 151 Å². The van der Waals surface area contributed by atoms with Gasteiger partial charge in [0.25, 0.3) is 0 Å². The summed E-state index contributed by atoms with van der Waals surface area (Å²) in [4.78, 5) is 64.1. The Hall–Kier alpha value is -4.67. The molecule has 3 N–H and O–H groups in total. The van der Waals surface area contributed by atoms with Crippen molar-refractivity contribution in [1.29, 1.82) is 0 Å². The Bertz CT molecular complexity index is 1270. The Labute approximate surface area is 245 Å². The molecule has 11 nitrogen and oxygen atoms in total. The number of hydrogen-bond acceptors (Lipinski definition) is 7. The van der Waals surface area contributed by atoms with Gasteiger partial charge in [-0.05, 0) is 57.0 Å². The van der Waals surface area contributed by atoms with Gasteiger partial charge in [0.15, 0.2) is 0 Å². The molecule has 0 aliphatic carbocycles. The maximum Gasteiger partial charge on any atom is 0.408 e. The van der Waals surface area contributed by atoms with Crippen molar-refractivity contribution in [3.8, 4) is 0 Å². The number of unbranched alkanes of at least 4 members (excludes halogenated alkanes) is 2. The number of ether oxygens (including phenoxy) is 2. The average molecular weight is 582 g/mol. The summed E-state index contributed by atoms with van der Waals surface area (Å²) >= 11 is 0. The lowest BCUT2D eigenvalue weighted by Gasteiger charge is -2.26. The molecule has 2 aromatic carbocycles. The van der Waals surface area contributed by atoms with Crippen molar-refractivity contribution in [2.75, 3.05) is 18.1 Å². The smallest absolute Gasteiger partial charge is 0.408 e. The van der Waals surface area contributed by atoms with Crippen LogP contribution in [0.2, 0.25) is 0 Å². The second kappa shape index (κ2) is 15.9. The number of carbonyl (C=O) groups is 5. The number of anilines is 2. The predicted molar refractivity (Wildman–Crippen MR) is 158 cm³/mol. The molecule has 0 aliphatic rings. The van der Waals surface area contributed by atoms with Crippen LogP contribution in [-0.2, 0) is 30.3 Å². The van der Waals surface area contributed by atoms with Gasteiger partial charge in [0, 0.05) is 18.7 Å². The van der Waals surface area contributed by atoms with Crippen molar-refractivity contribution < 1.29 is 38.6 Å². The predicted octanol–water partition coefficient (Wildman–Crippen LogP) is 4.52. The van der Waals surface area contributed by atoms with Gasteiger partial charge in [0.2, 0.25) is 5.91 Å². The molecule has 11 heteroatoms. The Morgan fingerprint density at radius 1 is 1.02 bits per heavy atom. The van der Waals surface area contributed by atoms with Crippen LogP contribution in [0, 0.1) is 0 Å². The largest absolute Gasteiger partial charge is 0.478 e. The van der Waals surface area contributed by atoms with Crippen LogP contribution < -0.4 is 15.5 Å². The summed E-state index contributed by atoms with van der Waals surface area (Å²) in [7, 11) is 0. The van der Waals surface area contributed by atoms with Gasteiger partial charge in [-0.2, -0.15) is 0 Å². The molecule has 2 rings (SSSR count). The molecular formula is C31H39N3O8. The molecule has 0 saturated heterocycles. The zero-order valence-electron chi connectivity index (χ0n) is 24.5. The molecule has 3 amide bonds. The molecule has 1 atom stereocenters. The molecule has 0 saturated carbocycles. The monoisotopic (exact) mass is 581 g/mol. The first kappa shape index (κ1) is 33.5. The summed E-state index contributed by atoms with van der Waals surface area (Å²) in [5.41, 5.74) is -0.361. The molecule has 42 heavy (non-hydrogen) atoms. The lowest BCUT2D eigenvalue weighted by atomic mass is 10.0. The van der Waals surface area contributed by atoms with Gasteiger partial charge in [-0.15, -0.1) is 0 Å². The van der Waals surface area contributed by atoms with E-state index in [-0.39, 0.29) is 35.9 Å². The number of rotatable bonds is 13.